The highest BCUT2D eigenvalue weighted by atomic mass is 35.5. The molecular formula is C10H17ClN2O3S. The summed E-state index contributed by atoms with van der Waals surface area (Å²) in [5.74, 6) is 0. The lowest BCUT2D eigenvalue weighted by Gasteiger charge is -2.35. The molecule has 2 rings (SSSR count). The van der Waals surface area contributed by atoms with Gasteiger partial charge in [-0.25, -0.2) is 8.42 Å². The first kappa shape index (κ1) is 14.5. The second kappa shape index (κ2) is 5.39. The summed E-state index contributed by atoms with van der Waals surface area (Å²) in [4.78, 5) is 0. The van der Waals surface area contributed by atoms with E-state index < -0.39 is 10.0 Å². The molecule has 1 fully saturated rings. The molecule has 2 heterocycles. The fraction of sp³-hybridized carbons (Fsp3) is 0.600. The first-order valence-electron chi connectivity index (χ1n) is 5.30. The van der Waals surface area contributed by atoms with Crippen molar-refractivity contribution in [2.24, 2.45) is 0 Å². The standard InChI is InChI=1S/C10H16N2O3S.ClH/c1-8-7-12(9(2)6-11-8)16(13,14)10-4-3-5-15-10;/h3-5,8-9,11H,6-7H2,1-2H3;1H. The van der Waals surface area contributed by atoms with E-state index in [2.05, 4.69) is 5.32 Å². The van der Waals surface area contributed by atoms with Gasteiger partial charge in [-0.05, 0) is 26.0 Å². The Hall–Kier alpha value is -0.560. The molecule has 98 valence electrons. The number of nitrogens with zero attached hydrogens (tertiary/aromatic N) is 1. The van der Waals surface area contributed by atoms with Gasteiger partial charge in [-0.15, -0.1) is 12.4 Å². The Balaban J connectivity index is 0.00000144. The number of hydrogen-bond acceptors (Lipinski definition) is 4. The summed E-state index contributed by atoms with van der Waals surface area (Å²) in [7, 11) is -3.47. The topological polar surface area (TPSA) is 62.6 Å². The van der Waals surface area contributed by atoms with Crippen molar-refractivity contribution in [3.05, 3.63) is 18.4 Å². The van der Waals surface area contributed by atoms with Crippen LogP contribution in [0.1, 0.15) is 13.8 Å². The summed E-state index contributed by atoms with van der Waals surface area (Å²) < 4.78 is 30.9. The third-order valence-corrected chi connectivity index (χ3v) is 4.63. The van der Waals surface area contributed by atoms with Gasteiger partial charge >= 0.3 is 0 Å². The van der Waals surface area contributed by atoms with E-state index in [1.54, 1.807) is 6.07 Å². The quantitative estimate of drug-likeness (QED) is 0.880. The predicted molar refractivity (Wildman–Crippen MR) is 66.8 cm³/mol. The monoisotopic (exact) mass is 280 g/mol. The van der Waals surface area contributed by atoms with Gasteiger partial charge in [-0.1, -0.05) is 0 Å². The average molecular weight is 281 g/mol. The van der Waals surface area contributed by atoms with Crippen molar-refractivity contribution in [1.82, 2.24) is 9.62 Å². The minimum atomic E-state index is -3.47. The Kier molecular flexibility index (Phi) is 4.60. The maximum atomic E-state index is 12.2. The van der Waals surface area contributed by atoms with Crippen molar-refractivity contribution in [3.8, 4) is 0 Å². The van der Waals surface area contributed by atoms with Crippen LogP contribution in [0.15, 0.2) is 27.9 Å². The van der Waals surface area contributed by atoms with Crippen molar-refractivity contribution in [1.29, 1.82) is 0 Å². The SMILES string of the molecule is CC1CN(S(=O)(=O)c2ccco2)C(C)CN1.Cl. The Morgan fingerprint density at radius 1 is 1.47 bits per heavy atom. The number of halogens is 1. The summed E-state index contributed by atoms with van der Waals surface area (Å²) >= 11 is 0. The van der Waals surface area contributed by atoms with Gasteiger partial charge in [0.15, 0.2) is 0 Å². The van der Waals surface area contributed by atoms with Gasteiger partial charge in [0.25, 0.3) is 10.0 Å². The molecule has 1 saturated heterocycles. The van der Waals surface area contributed by atoms with Crippen LogP contribution in [0.3, 0.4) is 0 Å². The van der Waals surface area contributed by atoms with E-state index in [9.17, 15) is 8.42 Å². The van der Waals surface area contributed by atoms with Crippen LogP contribution in [0.5, 0.6) is 0 Å². The summed E-state index contributed by atoms with van der Waals surface area (Å²) in [5.41, 5.74) is 0. The lowest BCUT2D eigenvalue weighted by atomic mass is 10.2. The van der Waals surface area contributed by atoms with E-state index >= 15 is 0 Å². The molecule has 5 nitrogen and oxygen atoms in total. The van der Waals surface area contributed by atoms with Gasteiger partial charge in [-0.2, -0.15) is 4.31 Å². The minimum absolute atomic E-state index is 0. The first-order chi connectivity index (χ1) is 7.51. The van der Waals surface area contributed by atoms with E-state index in [0.29, 0.717) is 13.1 Å². The smallest absolute Gasteiger partial charge is 0.276 e. The second-order valence-corrected chi connectivity index (χ2v) is 5.99. The van der Waals surface area contributed by atoms with Gasteiger partial charge in [0.2, 0.25) is 5.09 Å². The van der Waals surface area contributed by atoms with Crippen LogP contribution in [-0.2, 0) is 10.0 Å². The van der Waals surface area contributed by atoms with Crippen molar-refractivity contribution in [2.45, 2.75) is 31.0 Å². The number of rotatable bonds is 2. The van der Waals surface area contributed by atoms with Crippen LogP contribution in [0, 0.1) is 0 Å². The Morgan fingerprint density at radius 2 is 2.18 bits per heavy atom. The third kappa shape index (κ3) is 2.82. The van der Waals surface area contributed by atoms with E-state index in [0.717, 1.165) is 0 Å². The van der Waals surface area contributed by atoms with Crippen LogP contribution in [0.4, 0.5) is 0 Å². The lowest BCUT2D eigenvalue weighted by molar-refractivity contribution is 0.239. The van der Waals surface area contributed by atoms with Crippen LogP contribution in [0.25, 0.3) is 0 Å². The van der Waals surface area contributed by atoms with E-state index in [-0.39, 0.29) is 29.6 Å². The van der Waals surface area contributed by atoms with E-state index in [1.807, 2.05) is 13.8 Å². The molecule has 0 radical (unpaired) electrons. The molecule has 1 aromatic rings. The van der Waals surface area contributed by atoms with Gasteiger partial charge in [-0.3, -0.25) is 0 Å². The van der Waals surface area contributed by atoms with Gasteiger partial charge in [0.05, 0.1) is 6.26 Å². The molecule has 17 heavy (non-hydrogen) atoms. The van der Waals surface area contributed by atoms with Crippen LogP contribution in [-0.4, -0.2) is 37.9 Å². The fourth-order valence-electron chi connectivity index (χ4n) is 1.85. The lowest BCUT2D eigenvalue weighted by Crippen LogP contribution is -2.56. The molecule has 0 aliphatic carbocycles. The van der Waals surface area contributed by atoms with Crippen LogP contribution < -0.4 is 5.32 Å². The van der Waals surface area contributed by atoms with E-state index in [1.165, 1.54) is 16.6 Å². The molecule has 0 aromatic carbocycles. The highest BCUT2D eigenvalue weighted by Gasteiger charge is 2.34. The normalized spacial score (nSPS) is 26.5. The van der Waals surface area contributed by atoms with Gasteiger partial charge in [0.1, 0.15) is 0 Å². The second-order valence-electron chi connectivity index (χ2n) is 4.17. The molecule has 1 aliphatic rings. The highest BCUT2D eigenvalue weighted by Crippen LogP contribution is 2.20. The molecule has 2 atom stereocenters. The summed E-state index contributed by atoms with van der Waals surface area (Å²) in [5, 5.41) is 3.26. The molecule has 0 amide bonds. The predicted octanol–water partition coefficient (Wildman–Crippen LogP) is 1.07. The van der Waals surface area contributed by atoms with Crippen molar-refractivity contribution in [2.75, 3.05) is 13.1 Å². The Labute approximate surface area is 108 Å². The number of piperazine rings is 1. The summed E-state index contributed by atoms with van der Waals surface area (Å²) in [6.07, 6.45) is 1.38. The Bertz CT molecular complexity index is 446. The zero-order valence-corrected chi connectivity index (χ0v) is 11.4. The number of sulfonamides is 1. The zero-order valence-electron chi connectivity index (χ0n) is 9.79. The fourth-order valence-corrected chi connectivity index (χ4v) is 3.48. The summed E-state index contributed by atoms with van der Waals surface area (Å²) in [6, 6.07) is 3.19. The van der Waals surface area contributed by atoms with E-state index in [4.69, 9.17) is 4.42 Å². The molecule has 0 spiro atoms. The highest BCUT2D eigenvalue weighted by molar-refractivity contribution is 7.89. The van der Waals surface area contributed by atoms with Gasteiger partial charge < -0.3 is 9.73 Å². The zero-order chi connectivity index (χ0) is 11.8. The van der Waals surface area contributed by atoms with Crippen molar-refractivity contribution >= 4 is 22.4 Å². The molecular weight excluding hydrogens is 264 g/mol. The van der Waals surface area contributed by atoms with Crippen LogP contribution in [0.2, 0.25) is 0 Å². The summed E-state index contributed by atoms with van der Waals surface area (Å²) in [6.45, 7) is 5.00. The largest absolute Gasteiger partial charge is 0.452 e. The molecule has 0 bridgehead atoms. The molecule has 1 N–H and O–H groups in total. The maximum absolute atomic E-state index is 12.2. The molecule has 0 saturated carbocycles. The van der Waals surface area contributed by atoms with Crippen LogP contribution >= 0.6 is 12.4 Å². The van der Waals surface area contributed by atoms with Crippen molar-refractivity contribution < 1.29 is 12.8 Å². The molecule has 1 aliphatic heterocycles. The number of nitrogens with one attached hydrogen (secondary N) is 1. The minimum Gasteiger partial charge on any atom is -0.452 e. The molecule has 7 heteroatoms. The Morgan fingerprint density at radius 3 is 2.76 bits per heavy atom. The number of furan rings is 1. The van der Waals surface area contributed by atoms with Crippen molar-refractivity contribution in [3.63, 3.8) is 0 Å². The number of hydrogen-bond donors (Lipinski definition) is 1. The molecule has 1 aromatic heterocycles. The van der Waals surface area contributed by atoms with Gasteiger partial charge in [0, 0.05) is 25.2 Å². The first-order valence-corrected chi connectivity index (χ1v) is 6.74. The third-order valence-electron chi connectivity index (χ3n) is 2.77. The average Bonchev–Trinajstić information content (AvgIpc) is 2.75. The maximum Gasteiger partial charge on any atom is 0.276 e. The molecule has 2 unspecified atom stereocenters.